The van der Waals surface area contributed by atoms with Crippen LogP contribution in [-0.4, -0.2) is 35.2 Å². The van der Waals surface area contributed by atoms with Gasteiger partial charge in [0.25, 0.3) is 0 Å². The maximum Gasteiger partial charge on any atom is 0.436 e. The van der Waals surface area contributed by atoms with Crippen molar-refractivity contribution in [1.82, 2.24) is 24.1 Å². The van der Waals surface area contributed by atoms with Gasteiger partial charge in [-0.25, -0.2) is 24.1 Å². The maximum atomic E-state index is 12.8. The SMILES string of the molecule is O=C(n1ccnc1)n1ccnc1.OCc1ccnc(C(F)(F)F)c1F. The summed E-state index contributed by atoms with van der Waals surface area (Å²) >= 11 is 0. The third-order valence-electron chi connectivity index (χ3n) is 2.86. The topological polar surface area (TPSA) is 85.8 Å². The number of nitrogens with zero attached hydrogens (tertiary/aromatic N) is 5. The summed E-state index contributed by atoms with van der Waals surface area (Å²) in [4.78, 5) is 21.8. The van der Waals surface area contributed by atoms with Crippen molar-refractivity contribution in [2.24, 2.45) is 0 Å². The van der Waals surface area contributed by atoms with E-state index in [0.717, 1.165) is 12.3 Å². The lowest BCUT2D eigenvalue weighted by Crippen LogP contribution is -2.15. The number of alkyl halides is 3. The molecule has 0 unspecified atom stereocenters. The highest BCUT2D eigenvalue weighted by Gasteiger charge is 2.36. The number of hydrogen-bond donors (Lipinski definition) is 1. The number of halogens is 4. The van der Waals surface area contributed by atoms with Gasteiger partial charge in [-0.1, -0.05) is 0 Å². The van der Waals surface area contributed by atoms with Gasteiger partial charge in [-0.05, 0) is 6.07 Å². The van der Waals surface area contributed by atoms with Gasteiger partial charge in [-0.15, -0.1) is 0 Å². The molecule has 11 heteroatoms. The van der Waals surface area contributed by atoms with Gasteiger partial charge in [-0.3, -0.25) is 9.13 Å². The van der Waals surface area contributed by atoms with E-state index in [9.17, 15) is 22.4 Å². The molecule has 3 heterocycles. The number of aliphatic hydroxyl groups is 1. The molecular weight excluding hydrogens is 346 g/mol. The van der Waals surface area contributed by atoms with E-state index in [4.69, 9.17) is 5.11 Å². The molecule has 0 aliphatic carbocycles. The van der Waals surface area contributed by atoms with Crippen LogP contribution < -0.4 is 0 Å². The van der Waals surface area contributed by atoms with E-state index in [0.29, 0.717) is 0 Å². The van der Waals surface area contributed by atoms with Gasteiger partial charge in [0.1, 0.15) is 12.7 Å². The molecule has 0 aromatic carbocycles. The number of rotatable bonds is 1. The Hall–Kier alpha value is -3.08. The molecule has 3 aromatic heterocycles. The van der Waals surface area contributed by atoms with Crippen LogP contribution in [0, 0.1) is 5.82 Å². The normalized spacial score (nSPS) is 10.9. The van der Waals surface area contributed by atoms with Crippen LogP contribution in [-0.2, 0) is 12.8 Å². The lowest BCUT2D eigenvalue weighted by atomic mass is 10.2. The first-order valence-electron chi connectivity index (χ1n) is 6.66. The fraction of sp³-hybridized carbons (Fsp3) is 0.143. The maximum absolute atomic E-state index is 12.8. The van der Waals surface area contributed by atoms with E-state index in [2.05, 4.69) is 15.0 Å². The highest BCUT2D eigenvalue weighted by atomic mass is 19.4. The zero-order valence-corrected chi connectivity index (χ0v) is 12.4. The molecule has 132 valence electrons. The van der Waals surface area contributed by atoms with Gasteiger partial charge >= 0.3 is 12.2 Å². The molecule has 0 aliphatic heterocycles. The predicted molar refractivity (Wildman–Crippen MR) is 75.8 cm³/mol. The Labute approximate surface area is 138 Å². The summed E-state index contributed by atoms with van der Waals surface area (Å²) in [5.41, 5.74) is -2.01. The van der Waals surface area contributed by atoms with Crippen LogP contribution in [0.15, 0.2) is 49.7 Å². The van der Waals surface area contributed by atoms with Crippen molar-refractivity contribution in [2.75, 3.05) is 0 Å². The second-order valence-corrected chi connectivity index (χ2v) is 4.51. The van der Waals surface area contributed by atoms with E-state index in [-0.39, 0.29) is 6.03 Å². The number of aliphatic hydroxyl groups excluding tert-OH is 1. The van der Waals surface area contributed by atoms with Crippen LogP contribution in [0.25, 0.3) is 0 Å². The minimum absolute atomic E-state index is 0.190. The van der Waals surface area contributed by atoms with Crippen LogP contribution in [0.2, 0.25) is 0 Å². The molecule has 0 saturated heterocycles. The Morgan fingerprint density at radius 1 is 1.08 bits per heavy atom. The van der Waals surface area contributed by atoms with Gasteiger partial charge < -0.3 is 5.11 Å². The molecule has 1 N–H and O–H groups in total. The highest BCUT2D eigenvalue weighted by Crippen LogP contribution is 2.30. The van der Waals surface area contributed by atoms with Gasteiger partial charge in [0.2, 0.25) is 0 Å². The smallest absolute Gasteiger partial charge is 0.392 e. The summed E-state index contributed by atoms with van der Waals surface area (Å²) in [7, 11) is 0. The molecule has 25 heavy (non-hydrogen) atoms. The Morgan fingerprint density at radius 2 is 1.64 bits per heavy atom. The zero-order valence-electron chi connectivity index (χ0n) is 12.4. The molecule has 0 fully saturated rings. The number of pyridine rings is 1. The molecule has 3 aromatic rings. The van der Waals surface area contributed by atoms with Crippen molar-refractivity contribution in [2.45, 2.75) is 12.8 Å². The number of hydrogen-bond acceptors (Lipinski definition) is 5. The first kappa shape index (κ1) is 18.3. The summed E-state index contributed by atoms with van der Waals surface area (Å²) in [6.07, 6.45) is 5.14. The van der Waals surface area contributed by atoms with E-state index in [1.54, 1.807) is 24.8 Å². The van der Waals surface area contributed by atoms with E-state index in [1.165, 1.54) is 21.8 Å². The van der Waals surface area contributed by atoms with Crippen molar-refractivity contribution >= 4 is 6.03 Å². The zero-order chi connectivity index (χ0) is 18.4. The second-order valence-electron chi connectivity index (χ2n) is 4.51. The number of aromatic nitrogens is 5. The van der Waals surface area contributed by atoms with Gasteiger partial charge in [-0.2, -0.15) is 13.2 Å². The second kappa shape index (κ2) is 7.66. The summed E-state index contributed by atoms with van der Waals surface area (Å²) in [6, 6.07) is 0.801. The fourth-order valence-electron chi connectivity index (χ4n) is 1.68. The Balaban J connectivity index is 0.000000181. The largest absolute Gasteiger partial charge is 0.436 e. The van der Waals surface area contributed by atoms with Crippen LogP contribution in [0.4, 0.5) is 22.4 Å². The third-order valence-corrected chi connectivity index (χ3v) is 2.86. The Bertz CT molecular complexity index is 780. The van der Waals surface area contributed by atoms with Crippen LogP contribution in [0.1, 0.15) is 11.3 Å². The molecule has 3 rings (SSSR count). The molecule has 0 bridgehead atoms. The van der Waals surface area contributed by atoms with Crippen molar-refractivity contribution in [1.29, 1.82) is 0 Å². The summed E-state index contributed by atoms with van der Waals surface area (Å²) in [5.74, 6) is -1.52. The van der Waals surface area contributed by atoms with Gasteiger partial charge in [0.15, 0.2) is 11.5 Å². The summed E-state index contributed by atoms with van der Waals surface area (Å²) in [5, 5.41) is 8.47. The van der Waals surface area contributed by atoms with Crippen molar-refractivity contribution in [3.8, 4) is 0 Å². The minimum Gasteiger partial charge on any atom is -0.392 e. The van der Waals surface area contributed by atoms with E-state index in [1.807, 2.05) is 0 Å². The third kappa shape index (κ3) is 4.47. The van der Waals surface area contributed by atoms with Crippen molar-refractivity contribution in [3.63, 3.8) is 0 Å². The van der Waals surface area contributed by atoms with E-state index >= 15 is 0 Å². The number of imidazole rings is 2. The van der Waals surface area contributed by atoms with Crippen LogP contribution in [0.3, 0.4) is 0 Å². The quantitative estimate of drug-likeness (QED) is 0.676. The molecule has 0 aliphatic rings. The molecule has 0 amide bonds. The van der Waals surface area contributed by atoms with E-state index < -0.39 is 29.9 Å². The predicted octanol–water partition coefficient (Wildman–Crippen LogP) is 2.33. The first-order valence-corrected chi connectivity index (χ1v) is 6.66. The average molecular weight is 357 g/mol. The fourth-order valence-corrected chi connectivity index (χ4v) is 1.68. The minimum atomic E-state index is -4.82. The molecule has 0 atom stereocenters. The first-order chi connectivity index (χ1) is 11.8. The van der Waals surface area contributed by atoms with Gasteiger partial charge in [0, 0.05) is 36.5 Å². The average Bonchev–Trinajstić information content (AvgIpc) is 3.27. The molecule has 7 nitrogen and oxygen atoms in total. The molecule has 0 spiro atoms. The molecule has 0 saturated carbocycles. The Morgan fingerprint density at radius 3 is 2.04 bits per heavy atom. The van der Waals surface area contributed by atoms with Gasteiger partial charge in [0.05, 0.1) is 6.61 Å². The lowest BCUT2D eigenvalue weighted by molar-refractivity contribution is -0.143. The highest BCUT2D eigenvalue weighted by molar-refractivity contribution is 5.78. The van der Waals surface area contributed by atoms with Crippen LogP contribution in [0.5, 0.6) is 0 Å². The van der Waals surface area contributed by atoms with Crippen molar-refractivity contribution in [3.05, 3.63) is 66.8 Å². The van der Waals surface area contributed by atoms with Crippen molar-refractivity contribution < 1.29 is 27.5 Å². The summed E-state index contributed by atoms with van der Waals surface area (Å²) < 4.78 is 51.5. The Kier molecular flexibility index (Phi) is 5.60. The van der Waals surface area contributed by atoms with Crippen LogP contribution >= 0.6 is 0 Å². The lowest BCUT2D eigenvalue weighted by Gasteiger charge is -2.07. The standard InChI is InChI=1S/C7H5F4NO.C7H6N4O/c8-5-4(3-13)1-2-12-6(5)7(9,10)11;12-7(10-3-1-8-5-10)11-4-2-9-6-11/h1-2,13H,3H2;1-6H. The number of carbonyl (C=O) groups excluding carboxylic acids is 1. The monoisotopic (exact) mass is 357 g/mol. The summed E-state index contributed by atoms with van der Waals surface area (Å²) in [6.45, 7) is -0.780. The molecular formula is C14H11F4N5O2. The molecule has 0 radical (unpaired) electrons. The number of carbonyl (C=O) groups is 1.